The molecule has 0 aliphatic carbocycles. The van der Waals surface area contributed by atoms with Crippen LogP contribution in [0.1, 0.15) is 33.4 Å². The van der Waals surface area contributed by atoms with Crippen LogP contribution in [0, 0.1) is 5.92 Å². The molecule has 2 aliphatic rings. The monoisotopic (exact) mass is 832 g/mol. The summed E-state index contributed by atoms with van der Waals surface area (Å²) in [6.07, 6.45) is -0.150. The van der Waals surface area contributed by atoms with Gasteiger partial charge in [-0.2, -0.15) is 0 Å². The molecule has 8 heteroatoms. The Bertz CT molecular complexity index is 2160. The van der Waals surface area contributed by atoms with Crippen LogP contribution in [0.5, 0.6) is 0 Å². The number of hydrogen-bond acceptors (Lipinski definition) is 8. The van der Waals surface area contributed by atoms with Crippen LogP contribution >= 0.6 is 0 Å². The largest absolute Gasteiger partial charge is 0.495 e. The lowest BCUT2D eigenvalue weighted by Crippen LogP contribution is -2.65. The number of hydrogen-bond donors (Lipinski definition) is 0. The Hall–Kier alpha value is -5.42. The Balaban J connectivity index is 1.17. The summed E-state index contributed by atoms with van der Waals surface area (Å²) in [5.41, 5.74) is 6.32. The van der Waals surface area contributed by atoms with E-state index in [1.165, 1.54) is 0 Å². The van der Waals surface area contributed by atoms with Crippen molar-refractivity contribution >= 4 is 0 Å². The number of ether oxygens (including phenoxy) is 8. The van der Waals surface area contributed by atoms with Crippen LogP contribution in [0.3, 0.4) is 0 Å². The van der Waals surface area contributed by atoms with Crippen molar-refractivity contribution in [2.45, 2.75) is 82.4 Å². The summed E-state index contributed by atoms with van der Waals surface area (Å²) in [5.74, 6) is -0.394. The normalized spacial score (nSPS) is 23.4. The second kappa shape index (κ2) is 23.1. The quantitative estimate of drug-likeness (QED) is 0.0710. The van der Waals surface area contributed by atoms with Gasteiger partial charge in [-0.1, -0.05) is 182 Å². The van der Waals surface area contributed by atoms with Crippen molar-refractivity contribution in [3.05, 3.63) is 228 Å². The molecular formula is C54H56O8. The van der Waals surface area contributed by atoms with E-state index >= 15 is 0 Å². The summed E-state index contributed by atoms with van der Waals surface area (Å²) in [7, 11) is 0. The average Bonchev–Trinajstić information content (AvgIpc) is 3.33. The topological polar surface area (TPSA) is 73.8 Å². The van der Waals surface area contributed by atoms with Gasteiger partial charge >= 0.3 is 0 Å². The van der Waals surface area contributed by atoms with E-state index in [0.29, 0.717) is 46.2 Å². The minimum atomic E-state index is -0.635. The van der Waals surface area contributed by atoms with E-state index < -0.39 is 48.6 Å². The lowest BCUT2D eigenvalue weighted by Gasteiger charge is -2.51. The minimum Gasteiger partial charge on any atom is -0.495 e. The van der Waals surface area contributed by atoms with E-state index in [2.05, 4.69) is 72.8 Å². The zero-order valence-corrected chi connectivity index (χ0v) is 35.0. The molecule has 8 rings (SSSR count). The standard InChI is InChI=1S/C54H56O8/c1-7-19-41(20-8-1)33-55-39-48-50(47(31-32-57-48)58-35-43-23-11-3-12-24-43)52-54(61-38-46-29-17-6-18-30-46)53(60-37-45-27-15-5-16-28-45)51(59-36-44-25-13-4-14-26-44)49(62-52)40-56-34-42-21-9-2-10-22-42/h1-32,47-54H,33-40H2/t47-,48-,49-,50+,51+,52+,53+,54+/m1/s1. The molecule has 8 atom stereocenters. The van der Waals surface area contributed by atoms with Crippen LogP contribution in [0.4, 0.5) is 0 Å². The molecule has 0 unspecified atom stereocenters. The van der Waals surface area contributed by atoms with Crippen LogP contribution in [-0.4, -0.2) is 55.9 Å². The molecule has 0 bridgehead atoms. The van der Waals surface area contributed by atoms with Gasteiger partial charge in [0, 0.05) is 0 Å². The maximum atomic E-state index is 7.42. The first kappa shape index (κ1) is 43.2. The molecule has 0 saturated carbocycles. The van der Waals surface area contributed by atoms with Gasteiger partial charge in [-0.15, -0.1) is 0 Å². The summed E-state index contributed by atoms with van der Waals surface area (Å²) in [6, 6.07) is 61.1. The Morgan fingerprint density at radius 1 is 0.355 bits per heavy atom. The van der Waals surface area contributed by atoms with Crippen molar-refractivity contribution in [3.63, 3.8) is 0 Å². The maximum Gasteiger partial charge on any atom is 0.129 e. The fraction of sp³-hybridized carbons (Fsp3) is 0.296. The molecule has 320 valence electrons. The van der Waals surface area contributed by atoms with Crippen LogP contribution in [0.15, 0.2) is 194 Å². The molecule has 0 spiro atoms. The summed E-state index contributed by atoms with van der Waals surface area (Å²) < 4.78 is 55.0. The molecule has 6 aromatic carbocycles. The fourth-order valence-electron chi connectivity index (χ4n) is 8.14. The molecule has 1 saturated heterocycles. The van der Waals surface area contributed by atoms with E-state index in [1.54, 1.807) is 6.26 Å². The minimum absolute atomic E-state index is 0.246. The van der Waals surface area contributed by atoms with E-state index in [4.69, 9.17) is 37.9 Å². The smallest absolute Gasteiger partial charge is 0.129 e. The molecule has 1 fully saturated rings. The highest BCUT2D eigenvalue weighted by molar-refractivity contribution is 5.19. The Morgan fingerprint density at radius 3 is 1.15 bits per heavy atom. The molecule has 6 aromatic rings. The highest BCUT2D eigenvalue weighted by Crippen LogP contribution is 2.39. The zero-order chi connectivity index (χ0) is 42.0. The van der Waals surface area contributed by atoms with Gasteiger partial charge in [-0.05, 0) is 39.5 Å². The Morgan fingerprint density at radius 2 is 0.710 bits per heavy atom. The molecule has 0 radical (unpaired) electrons. The molecule has 0 aromatic heterocycles. The molecule has 8 nitrogen and oxygen atoms in total. The van der Waals surface area contributed by atoms with E-state index in [1.807, 2.05) is 115 Å². The highest BCUT2D eigenvalue weighted by Gasteiger charge is 2.54. The van der Waals surface area contributed by atoms with Crippen molar-refractivity contribution in [2.24, 2.45) is 5.92 Å². The predicted molar refractivity (Wildman–Crippen MR) is 238 cm³/mol. The average molecular weight is 833 g/mol. The summed E-state index contributed by atoms with van der Waals surface area (Å²) in [4.78, 5) is 0. The van der Waals surface area contributed by atoms with Gasteiger partial charge in [-0.25, -0.2) is 0 Å². The second-order valence-corrected chi connectivity index (χ2v) is 15.8. The van der Waals surface area contributed by atoms with Gasteiger partial charge in [0.2, 0.25) is 0 Å². The molecule has 62 heavy (non-hydrogen) atoms. The highest BCUT2D eigenvalue weighted by atomic mass is 16.6. The fourth-order valence-corrected chi connectivity index (χ4v) is 8.14. The van der Waals surface area contributed by atoms with Crippen molar-refractivity contribution < 1.29 is 37.9 Å². The van der Waals surface area contributed by atoms with Gasteiger partial charge in [0.15, 0.2) is 0 Å². The second-order valence-electron chi connectivity index (χ2n) is 15.8. The zero-order valence-electron chi connectivity index (χ0n) is 35.0. The van der Waals surface area contributed by atoms with E-state index in [9.17, 15) is 0 Å². The summed E-state index contributed by atoms with van der Waals surface area (Å²) >= 11 is 0. The molecule has 0 N–H and O–H groups in total. The van der Waals surface area contributed by atoms with Gasteiger partial charge in [0.1, 0.15) is 30.5 Å². The van der Waals surface area contributed by atoms with Crippen LogP contribution in [-0.2, 0) is 77.5 Å². The van der Waals surface area contributed by atoms with Gasteiger partial charge in [-0.3, -0.25) is 0 Å². The summed E-state index contributed by atoms with van der Waals surface area (Å²) in [6.45, 7) is 2.78. The van der Waals surface area contributed by atoms with Gasteiger partial charge < -0.3 is 37.9 Å². The van der Waals surface area contributed by atoms with Crippen LogP contribution in [0.2, 0.25) is 0 Å². The molecule has 0 amide bonds. The van der Waals surface area contributed by atoms with Gasteiger partial charge in [0.05, 0.1) is 77.2 Å². The maximum absolute atomic E-state index is 7.42. The van der Waals surface area contributed by atoms with Crippen molar-refractivity contribution in [1.82, 2.24) is 0 Å². The Kier molecular flexibility index (Phi) is 16.1. The van der Waals surface area contributed by atoms with Crippen molar-refractivity contribution in [3.8, 4) is 0 Å². The first-order chi connectivity index (χ1) is 30.8. The van der Waals surface area contributed by atoms with E-state index in [0.717, 1.165) is 33.4 Å². The molecular weight excluding hydrogens is 777 g/mol. The van der Waals surface area contributed by atoms with Crippen molar-refractivity contribution in [1.29, 1.82) is 0 Å². The first-order valence-electron chi connectivity index (χ1n) is 21.6. The third-order valence-corrected chi connectivity index (χ3v) is 11.3. The third-order valence-electron chi connectivity index (χ3n) is 11.3. The lowest BCUT2D eigenvalue weighted by atomic mass is 9.80. The van der Waals surface area contributed by atoms with Crippen molar-refractivity contribution in [2.75, 3.05) is 13.2 Å². The number of rotatable bonds is 21. The lowest BCUT2D eigenvalue weighted by molar-refractivity contribution is -0.294. The van der Waals surface area contributed by atoms with Gasteiger partial charge in [0.25, 0.3) is 0 Å². The van der Waals surface area contributed by atoms with Crippen LogP contribution in [0.25, 0.3) is 0 Å². The predicted octanol–water partition coefficient (Wildman–Crippen LogP) is 10.1. The van der Waals surface area contributed by atoms with E-state index in [-0.39, 0.29) is 6.61 Å². The first-order valence-corrected chi connectivity index (χ1v) is 21.6. The molecule has 2 heterocycles. The SMILES string of the molecule is C1=C[C@@H](OCc2ccccc2)[C@H]([C@@H]2O[C@H](COCc3ccccc3)[C@H](OCc3ccccc3)[C@H](OCc3ccccc3)[C@H]2OCc2ccccc2)[C@@H](COCc2ccccc2)O1. The van der Waals surface area contributed by atoms with Crippen LogP contribution < -0.4 is 0 Å². The molecule has 2 aliphatic heterocycles. The Labute approximate surface area is 365 Å². The third kappa shape index (κ3) is 12.4. The summed E-state index contributed by atoms with van der Waals surface area (Å²) in [5, 5.41) is 0. The number of benzene rings is 6.